The predicted octanol–water partition coefficient (Wildman–Crippen LogP) is 3.28. The number of benzene rings is 1. The average Bonchev–Trinajstić information content (AvgIpc) is 2.96. The highest BCUT2D eigenvalue weighted by Crippen LogP contribution is 2.42. The van der Waals surface area contributed by atoms with E-state index in [2.05, 4.69) is 4.98 Å². The SMILES string of the molecule is N#Cc1cc(N2C[C@@H](O)C[C@H]2c2ccccc2C(F)(F)F)ccn1. The summed E-state index contributed by atoms with van der Waals surface area (Å²) in [6, 6.07) is 9.82. The highest BCUT2D eigenvalue weighted by Gasteiger charge is 2.39. The van der Waals surface area contributed by atoms with Gasteiger partial charge in [0.25, 0.3) is 0 Å². The van der Waals surface area contributed by atoms with Gasteiger partial charge in [-0.3, -0.25) is 0 Å². The van der Waals surface area contributed by atoms with Gasteiger partial charge in [-0.2, -0.15) is 18.4 Å². The molecule has 0 aliphatic carbocycles. The number of alkyl halides is 3. The van der Waals surface area contributed by atoms with Crippen LogP contribution >= 0.6 is 0 Å². The summed E-state index contributed by atoms with van der Waals surface area (Å²) in [4.78, 5) is 5.56. The van der Waals surface area contributed by atoms with E-state index in [4.69, 9.17) is 5.26 Å². The number of rotatable bonds is 2. The molecule has 2 heterocycles. The molecule has 4 nitrogen and oxygen atoms in total. The second-order valence-electron chi connectivity index (χ2n) is 5.65. The molecule has 0 spiro atoms. The van der Waals surface area contributed by atoms with Crippen molar-refractivity contribution in [3.8, 4) is 6.07 Å². The van der Waals surface area contributed by atoms with E-state index in [1.54, 1.807) is 17.0 Å². The number of nitrogens with zero attached hydrogens (tertiary/aromatic N) is 3. The summed E-state index contributed by atoms with van der Waals surface area (Å²) in [5, 5.41) is 19.0. The van der Waals surface area contributed by atoms with Crippen molar-refractivity contribution in [1.29, 1.82) is 5.26 Å². The molecule has 0 amide bonds. The molecule has 3 rings (SSSR count). The molecule has 1 aliphatic rings. The molecule has 1 N–H and O–H groups in total. The van der Waals surface area contributed by atoms with E-state index >= 15 is 0 Å². The standard InChI is InChI=1S/C17H14F3N3O/c18-17(19,20)15-4-2-1-3-14(15)16-8-13(24)10-23(16)12-5-6-22-11(7-12)9-21/h1-7,13,16,24H,8,10H2/t13-,16-/m0/s1. The fourth-order valence-electron chi connectivity index (χ4n) is 3.10. The van der Waals surface area contributed by atoms with Crippen molar-refractivity contribution >= 4 is 5.69 Å². The van der Waals surface area contributed by atoms with Gasteiger partial charge in [-0.25, -0.2) is 4.98 Å². The highest BCUT2D eigenvalue weighted by molar-refractivity contribution is 5.53. The molecule has 2 atom stereocenters. The molecule has 1 fully saturated rings. The molecule has 0 unspecified atom stereocenters. The number of β-amino-alcohol motifs (C(OH)–C–C–N with tert-alkyl or cyclic N) is 1. The quantitative estimate of drug-likeness (QED) is 0.916. The molecule has 1 aliphatic heterocycles. The van der Waals surface area contributed by atoms with Crippen LogP contribution in [0.15, 0.2) is 42.6 Å². The van der Waals surface area contributed by atoms with Crippen molar-refractivity contribution in [2.45, 2.75) is 24.7 Å². The molecule has 0 bridgehead atoms. The Bertz CT molecular complexity index is 785. The first-order valence-corrected chi connectivity index (χ1v) is 7.37. The van der Waals surface area contributed by atoms with Gasteiger partial charge in [0.15, 0.2) is 0 Å². The van der Waals surface area contributed by atoms with Crippen LogP contribution in [0, 0.1) is 11.3 Å². The Hall–Kier alpha value is -2.59. The molecular weight excluding hydrogens is 319 g/mol. The topological polar surface area (TPSA) is 60.2 Å². The number of aliphatic hydroxyl groups excluding tert-OH is 1. The van der Waals surface area contributed by atoms with Gasteiger partial charge in [0.05, 0.1) is 17.7 Å². The van der Waals surface area contributed by atoms with E-state index in [0.717, 1.165) is 6.07 Å². The first kappa shape index (κ1) is 16.3. The maximum atomic E-state index is 13.3. The number of aromatic nitrogens is 1. The lowest BCUT2D eigenvalue weighted by atomic mass is 9.97. The van der Waals surface area contributed by atoms with Gasteiger partial charge in [0.1, 0.15) is 11.8 Å². The van der Waals surface area contributed by atoms with E-state index in [-0.39, 0.29) is 24.2 Å². The van der Waals surface area contributed by atoms with Crippen LogP contribution < -0.4 is 4.90 Å². The summed E-state index contributed by atoms with van der Waals surface area (Å²) in [7, 11) is 0. The Balaban J connectivity index is 2.05. The van der Waals surface area contributed by atoms with Gasteiger partial charge in [0, 0.05) is 18.4 Å². The summed E-state index contributed by atoms with van der Waals surface area (Å²) in [6.45, 7) is 0.200. The van der Waals surface area contributed by atoms with Crippen LogP contribution in [0.4, 0.5) is 18.9 Å². The van der Waals surface area contributed by atoms with Crippen LogP contribution in [0.2, 0.25) is 0 Å². The zero-order valence-corrected chi connectivity index (χ0v) is 12.5. The van der Waals surface area contributed by atoms with Crippen molar-refractivity contribution in [1.82, 2.24) is 4.98 Å². The molecular formula is C17H14F3N3O. The smallest absolute Gasteiger partial charge is 0.391 e. The van der Waals surface area contributed by atoms with Crippen molar-refractivity contribution in [2.24, 2.45) is 0 Å². The molecule has 2 aromatic rings. The summed E-state index contributed by atoms with van der Waals surface area (Å²) < 4.78 is 39.9. The number of halogens is 3. The first-order valence-electron chi connectivity index (χ1n) is 7.37. The Morgan fingerprint density at radius 3 is 2.71 bits per heavy atom. The molecule has 0 radical (unpaired) electrons. The molecule has 124 valence electrons. The third-order valence-electron chi connectivity index (χ3n) is 4.09. The third kappa shape index (κ3) is 3.05. The number of aliphatic hydroxyl groups is 1. The summed E-state index contributed by atoms with van der Waals surface area (Å²) >= 11 is 0. The minimum atomic E-state index is -4.47. The Labute approximate surface area is 136 Å². The number of hydrogen-bond donors (Lipinski definition) is 1. The maximum Gasteiger partial charge on any atom is 0.416 e. The molecule has 7 heteroatoms. The van der Waals surface area contributed by atoms with Gasteiger partial charge in [-0.15, -0.1) is 0 Å². The second kappa shape index (κ2) is 6.13. The minimum absolute atomic E-state index is 0.122. The number of anilines is 1. The highest BCUT2D eigenvalue weighted by atomic mass is 19.4. The molecule has 1 aromatic carbocycles. The molecule has 0 saturated carbocycles. The van der Waals surface area contributed by atoms with Gasteiger partial charge in [0.2, 0.25) is 0 Å². The summed E-state index contributed by atoms with van der Waals surface area (Å²) in [6.07, 6.45) is -3.58. The fraction of sp³-hybridized carbons (Fsp3) is 0.294. The van der Waals surface area contributed by atoms with E-state index in [0.29, 0.717) is 5.69 Å². The van der Waals surface area contributed by atoms with Crippen LogP contribution in [0.25, 0.3) is 0 Å². The van der Waals surface area contributed by atoms with Crippen molar-refractivity contribution in [2.75, 3.05) is 11.4 Å². The second-order valence-corrected chi connectivity index (χ2v) is 5.65. The van der Waals surface area contributed by atoms with Crippen LogP contribution in [0.1, 0.15) is 29.3 Å². The average molecular weight is 333 g/mol. The number of hydrogen-bond acceptors (Lipinski definition) is 4. The largest absolute Gasteiger partial charge is 0.416 e. The molecule has 1 saturated heterocycles. The van der Waals surface area contributed by atoms with Crippen molar-refractivity contribution < 1.29 is 18.3 Å². The van der Waals surface area contributed by atoms with Gasteiger partial charge in [-0.05, 0) is 30.2 Å². The number of pyridine rings is 1. The molecule has 1 aromatic heterocycles. The number of nitriles is 1. The Morgan fingerprint density at radius 2 is 2.00 bits per heavy atom. The van der Waals surface area contributed by atoms with Gasteiger partial charge < -0.3 is 10.0 Å². The lowest BCUT2D eigenvalue weighted by molar-refractivity contribution is -0.138. The fourth-order valence-corrected chi connectivity index (χ4v) is 3.10. The Morgan fingerprint density at radius 1 is 1.25 bits per heavy atom. The predicted molar refractivity (Wildman–Crippen MR) is 81.1 cm³/mol. The van der Waals surface area contributed by atoms with Crippen LogP contribution in [0.3, 0.4) is 0 Å². The van der Waals surface area contributed by atoms with Crippen molar-refractivity contribution in [3.63, 3.8) is 0 Å². The third-order valence-corrected chi connectivity index (χ3v) is 4.09. The molecule has 24 heavy (non-hydrogen) atoms. The van der Waals surface area contributed by atoms with Crippen LogP contribution in [-0.2, 0) is 6.18 Å². The minimum Gasteiger partial charge on any atom is -0.391 e. The summed E-state index contributed by atoms with van der Waals surface area (Å²) in [5.41, 5.74) is 0.164. The van der Waals surface area contributed by atoms with E-state index in [1.807, 2.05) is 6.07 Å². The van der Waals surface area contributed by atoms with E-state index in [9.17, 15) is 18.3 Å². The zero-order valence-electron chi connectivity index (χ0n) is 12.5. The van der Waals surface area contributed by atoms with Crippen molar-refractivity contribution in [3.05, 3.63) is 59.4 Å². The lowest BCUT2D eigenvalue weighted by Crippen LogP contribution is -2.26. The maximum absolute atomic E-state index is 13.3. The van der Waals surface area contributed by atoms with E-state index in [1.165, 1.54) is 24.4 Å². The van der Waals surface area contributed by atoms with Gasteiger partial charge in [-0.1, -0.05) is 18.2 Å². The zero-order chi connectivity index (χ0) is 17.3. The van der Waals surface area contributed by atoms with Crippen LogP contribution in [-0.4, -0.2) is 22.7 Å². The Kier molecular flexibility index (Phi) is 4.16. The first-order chi connectivity index (χ1) is 11.4. The monoisotopic (exact) mass is 333 g/mol. The van der Waals surface area contributed by atoms with Gasteiger partial charge >= 0.3 is 6.18 Å². The van der Waals surface area contributed by atoms with E-state index < -0.39 is 23.9 Å². The normalized spacial score (nSPS) is 20.9. The van der Waals surface area contributed by atoms with Crippen LogP contribution in [0.5, 0.6) is 0 Å². The summed E-state index contributed by atoms with van der Waals surface area (Å²) in [5.74, 6) is 0. The lowest BCUT2D eigenvalue weighted by Gasteiger charge is -2.28.